The van der Waals surface area contributed by atoms with Gasteiger partial charge >= 0.3 is 0 Å². The van der Waals surface area contributed by atoms with Gasteiger partial charge in [-0.25, -0.2) is 4.99 Å². The first-order chi connectivity index (χ1) is 13.8. The van der Waals surface area contributed by atoms with E-state index in [0.717, 1.165) is 11.3 Å². The summed E-state index contributed by atoms with van der Waals surface area (Å²) in [5, 5.41) is 10.8. The fourth-order valence-corrected chi connectivity index (χ4v) is 4.18. The lowest BCUT2D eigenvalue weighted by Crippen LogP contribution is -2.35. The molecule has 0 bridgehead atoms. The number of phenols is 1. The second kappa shape index (κ2) is 8.93. The summed E-state index contributed by atoms with van der Waals surface area (Å²) in [5.41, 5.74) is 2.62. The van der Waals surface area contributed by atoms with Gasteiger partial charge in [-0.05, 0) is 75.4 Å². The van der Waals surface area contributed by atoms with Crippen molar-refractivity contribution in [3.63, 3.8) is 0 Å². The fourth-order valence-electron chi connectivity index (χ4n) is 2.84. The van der Waals surface area contributed by atoms with Gasteiger partial charge in [-0.2, -0.15) is 0 Å². The first kappa shape index (κ1) is 21.3. The number of benzene rings is 2. The first-order valence-electron chi connectivity index (χ1n) is 9.34. The van der Waals surface area contributed by atoms with Crippen LogP contribution in [0.3, 0.4) is 0 Å². The predicted molar refractivity (Wildman–Crippen MR) is 120 cm³/mol. The van der Waals surface area contributed by atoms with Gasteiger partial charge in [0.05, 0.1) is 22.2 Å². The quantitative estimate of drug-likeness (QED) is 0.612. The van der Waals surface area contributed by atoms with Crippen LogP contribution < -0.4 is 4.74 Å². The molecular weight excluding hydrogens is 408 g/mol. The molecule has 0 radical (unpaired) electrons. The van der Waals surface area contributed by atoms with Crippen molar-refractivity contribution in [2.24, 2.45) is 4.99 Å². The van der Waals surface area contributed by atoms with Crippen LogP contribution in [0.25, 0.3) is 6.08 Å². The predicted octanol–water partition coefficient (Wildman–Crippen LogP) is 5.77. The number of hydrogen-bond acceptors (Lipinski definition) is 5. The van der Waals surface area contributed by atoms with Gasteiger partial charge in [0.15, 0.2) is 16.7 Å². The van der Waals surface area contributed by atoms with E-state index in [2.05, 4.69) is 4.99 Å². The highest BCUT2D eigenvalue weighted by Crippen LogP contribution is 2.39. The van der Waals surface area contributed by atoms with Gasteiger partial charge in [0.1, 0.15) is 0 Å². The van der Waals surface area contributed by atoms with Crippen LogP contribution >= 0.6 is 23.4 Å². The summed E-state index contributed by atoms with van der Waals surface area (Å²) in [4.78, 5) is 19.9. The number of amidine groups is 1. The molecule has 0 spiro atoms. The van der Waals surface area contributed by atoms with Crippen molar-refractivity contribution in [1.82, 2.24) is 4.90 Å². The minimum atomic E-state index is -0.113. The number of carbonyl (C=O) groups excluding carboxylic acids is 1. The van der Waals surface area contributed by atoms with Crippen LogP contribution in [0.15, 0.2) is 46.3 Å². The summed E-state index contributed by atoms with van der Waals surface area (Å²) in [6.45, 7) is 8.15. The Bertz CT molecular complexity index is 984. The van der Waals surface area contributed by atoms with Gasteiger partial charge in [0.25, 0.3) is 5.91 Å². The molecule has 0 unspecified atom stereocenters. The smallest absolute Gasteiger partial charge is 0.266 e. The van der Waals surface area contributed by atoms with Crippen molar-refractivity contribution in [2.75, 3.05) is 6.61 Å². The number of nitrogens with zero attached hydrogens (tertiary/aromatic N) is 2. The molecular formula is C22H23ClN2O3S. The van der Waals surface area contributed by atoms with E-state index >= 15 is 0 Å². The topological polar surface area (TPSA) is 62.1 Å². The van der Waals surface area contributed by atoms with Crippen LogP contribution in [-0.4, -0.2) is 33.7 Å². The Balaban J connectivity index is 1.98. The number of ether oxygens (including phenoxy) is 1. The molecule has 1 heterocycles. The standard InChI is InChI=1S/C22H23ClN2O3S/c1-5-28-18-11-15(10-17(23)20(18)26)12-19-21(27)25(13(2)3)22(29-19)24-16-8-6-14(4)7-9-16/h6-13,26H,5H2,1-4H3/b19-12+,24-22?. The van der Waals surface area contributed by atoms with Crippen LogP contribution in [0, 0.1) is 6.92 Å². The Labute approximate surface area is 180 Å². The maximum atomic E-state index is 13.0. The monoisotopic (exact) mass is 430 g/mol. The third-order valence-electron chi connectivity index (χ3n) is 4.26. The summed E-state index contributed by atoms with van der Waals surface area (Å²) in [6.07, 6.45) is 1.74. The van der Waals surface area contributed by atoms with E-state index < -0.39 is 0 Å². The van der Waals surface area contributed by atoms with Crippen molar-refractivity contribution in [3.05, 3.63) is 57.5 Å². The van der Waals surface area contributed by atoms with E-state index in [4.69, 9.17) is 16.3 Å². The zero-order valence-corrected chi connectivity index (χ0v) is 18.3. The zero-order chi connectivity index (χ0) is 21.1. The van der Waals surface area contributed by atoms with Crippen molar-refractivity contribution < 1.29 is 14.6 Å². The lowest BCUT2D eigenvalue weighted by atomic mass is 10.1. The number of aromatic hydroxyl groups is 1. The number of halogens is 1. The minimum absolute atomic E-state index is 0.0347. The molecule has 2 aromatic rings. The van der Waals surface area contributed by atoms with Gasteiger partial charge in [0, 0.05) is 6.04 Å². The summed E-state index contributed by atoms with van der Waals surface area (Å²) in [6, 6.07) is 11.1. The molecule has 5 nitrogen and oxygen atoms in total. The van der Waals surface area contributed by atoms with E-state index in [1.165, 1.54) is 11.8 Å². The Hall–Kier alpha value is -2.44. The third-order valence-corrected chi connectivity index (χ3v) is 5.53. The second-order valence-electron chi connectivity index (χ2n) is 6.89. The normalized spacial score (nSPS) is 17.0. The molecule has 1 N–H and O–H groups in total. The molecule has 1 saturated heterocycles. The number of carbonyl (C=O) groups is 1. The molecule has 0 atom stereocenters. The molecule has 29 heavy (non-hydrogen) atoms. The van der Waals surface area contributed by atoms with E-state index in [0.29, 0.717) is 22.2 Å². The minimum Gasteiger partial charge on any atom is -0.503 e. The maximum absolute atomic E-state index is 13.0. The van der Waals surface area contributed by atoms with Crippen molar-refractivity contribution in [3.8, 4) is 11.5 Å². The summed E-state index contributed by atoms with van der Waals surface area (Å²) >= 11 is 7.44. The number of amides is 1. The highest BCUT2D eigenvalue weighted by Gasteiger charge is 2.35. The first-order valence-corrected chi connectivity index (χ1v) is 10.5. The van der Waals surface area contributed by atoms with Crippen LogP contribution in [0.1, 0.15) is 31.9 Å². The van der Waals surface area contributed by atoms with Crippen molar-refractivity contribution in [1.29, 1.82) is 0 Å². The second-order valence-corrected chi connectivity index (χ2v) is 8.31. The molecule has 1 fully saturated rings. The lowest BCUT2D eigenvalue weighted by molar-refractivity contribution is -0.123. The average Bonchev–Trinajstić information content (AvgIpc) is 2.96. The van der Waals surface area contributed by atoms with E-state index in [-0.39, 0.29) is 28.5 Å². The van der Waals surface area contributed by atoms with Gasteiger partial charge < -0.3 is 9.84 Å². The van der Waals surface area contributed by atoms with E-state index in [1.54, 1.807) is 23.1 Å². The van der Waals surface area contributed by atoms with Crippen LogP contribution in [0.5, 0.6) is 11.5 Å². The molecule has 152 valence electrons. The number of aryl methyl sites for hydroxylation is 1. The number of aliphatic imine (C=N–C) groups is 1. The summed E-state index contributed by atoms with van der Waals surface area (Å²) < 4.78 is 5.43. The van der Waals surface area contributed by atoms with E-state index in [1.807, 2.05) is 52.0 Å². The summed E-state index contributed by atoms with van der Waals surface area (Å²) in [5.74, 6) is 0.0704. The van der Waals surface area contributed by atoms with Crippen molar-refractivity contribution >= 4 is 46.2 Å². The van der Waals surface area contributed by atoms with Gasteiger partial charge in [-0.15, -0.1) is 0 Å². The highest BCUT2D eigenvalue weighted by molar-refractivity contribution is 8.18. The Morgan fingerprint density at radius 1 is 1.28 bits per heavy atom. The molecule has 3 rings (SSSR count). The largest absolute Gasteiger partial charge is 0.503 e. The maximum Gasteiger partial charge on any atom is 0.266 e. The number of phenolic OH excluding ortho intramolecular Hbond substituents is 1. The number of thioether (sulfide) groups is 1. The molecule has 0 aromatic heterocycles. The molecule has 1 aliphatic heterocycles. The van der Waals surface area contributed by atoms with Gasteiger partial charge in [-0.1, -0.05) is 29.3 Å². The molecule has 2 aromatic carbocycles. The average molecular weight is 431 g/mol. The molecule has 1 aliphatic rings. The molecule has 0 saturated carbocycles. The van der Waals surface area contributed by atoms with Gasteiger partial charge in [-0.3, -0.25) is 9.69 Å². The Morgan fingerprint density at radius 2 is 1.97 bits per heavy atom. The zero-order valence-electron chi connectivity index (χ0n) is 16.8. The fraction of sp³-hybridized carbons (Fsp3) is 0.273. The van der Waals surface area contributed by atoms with E-state index in [9.17, 15) is 9.90 Å². The van der Waals surface area contributed by atoms with Crippen molar-refractivity contribution in [2.45, 2.75) is 33.7 Å². The number of hydrogen-bond donors (Lipinski definition) is 1. The third kappa shape index (κ3) is 4.77. The Kier molecular flexibility index (Phi) is 6.55. The Morgan fingerprint density at radius 3 is 2.59 bits per heavy atom. The molecule has 1 amide bonds. The van der Waals surface area contributed by atoms with Crippen LogP contribution in [0.2, 0.25) is 5.02 Å². The molecule has 7 heteroatoms. The van der Waals surface area contributed by atoms with Crippen LogP contribution in [-0.2, 0) is 4.79 Å². The molecule has 0 aliphatic carbocycles. The summed E-state index contributed by atoms with van der Waals surface area (Å²) in [7, 11) is 0. The van der Waals surface area contributed by atoms with Crippen LogP contribution in [0.4, 0.5) is 5.69 Å². The van der Waals surface area contributed by atoms with Gasteiger partial charge in [0.2, 0.25) is 0 Å². The number of rotatable bonds is 5. The highest BCUT2D eigenvalue weighted by atomic mass is 35.5. The lowest BCUT2D eigenvalue weighted by Gasteiger charge is -2.19. The SMILES string of the molecule is CCOc1cc(/C=C2/SC(=Nc3ccc(C)cc3)N(C(C)C)C2=O)cc(Cl)c1O.